The van der Waals surface area contributed by atoms with Crippen molar-refractivity contribution in [2.75, 3.05) is 5.33 Å². The summed E-state index contributed by atoms with van der Waals surface area (Å²) in [6.45, 7) is 1.17. The molecule has 0 amide bonds. The lowest BCUT2D eigenvalue weighted by atomic mass is 10.2. The number of carbonyl (C=O) groups is 4. The van der Waals surface area contributed by atoms with Crippen LogP contribution < -0.4 is 5.69 Å². The fraction of sp³-hybridized carbons (Fsp3) is 0.182. The zero-order chi connectivity index (χ0) is 17.4. The number of ketones is 1. The average Bonchev–Trinajstić information content (AvgIpc) is 2.78. The maximum atomic E-state index is 10.7. The number of carbonyl (C=O) groups excluding carboxylic acids is 1. The molecule has 0 saturated carbocycles. The number of nitrogens with one attached hydrogen (secondary N) is 2. The molecule has 11 heteroatoms. The lowest BCUT2D eigenvalue weighted by Gasteiger charge is -1.91. The average molecular weight is 379 g/mol. The molecule has 1 aromatic rings. The van der Waals surface area contributed by atoms with Crippen molar-refractivity contribution in [2.24, 2.45) is 0 Å². The summed E-state index contributed by atoms with van der Waals surface area (Å²) in [6, 6.07) is 0. The third kappa shape index (κ3) is 6.17. The molecule has 0 fully saturated rings. The molecule has 1 heterocycles. The minimum Gasteiger partial charge on any atom is -0.478 e. The van der Waals surface area contributed by atoms with Crippen LogP contribution in [0, 0.1) is 0 Å². The Balaban J connectivity index is 0.000000409. The first-order valence-corrected chi connectivity index (χ1v) is 6.51. The van der Waals surface area contributed by atoms with Gasteiger partial charge in [0.25, 0.3) is 0 Å². The molecule has 0 saturated heterocycles. The number of carboxylic acids is 3. The van der Waals surface area contributed by atoms with E-state index < -0.39 is 35.1 Å². The fourth-order valence-corrected chi connectivity index (χ4v) is 1.52. The van der Waals surface area contributed by atoms with Crippen LogP contribution in [0.25, 0.3) is 0 Å². The van der Waals surface area contributed by atoms with Gasteiger partial charge in [0, 0.05) is 18.3 Å². The Morgan fingerprint density at radius 1 is 1.09 bits per heavy atom. The van der Waals surface area contributed by atoms with E-state index in [0.717, 1.165) is 0 Å². The first-order valence-electron chi connectivity index (χ1n) is 5.39. The quantitative estimate of drug-likeness (QED) is 0.271. The molecule has 0 bridgehead atoms. The number of carboxylic acid groups (broad SMARTS) is 3. The van der Waals surface area contributed by atoms with E-state index in [2.05, 4.69) is 20.9 Å². The van der Waals surface area contributed by atoms with E-state index in [1.165, 1.54) is 6.92 Å². The molecule has 0 atom stereocenters. The monoisotopic (exact) mass is 378 g/mol. The van der Waals surface area contributed by atoms with E-state index in [9.17, 15) is 24.0 Å². The summed E-state index contributed by atoms with van der Waals surface area (Å²) in [6.07, 6.45) is 0.650. The number of aromatic amines is 2. The van der Waals surface area contributed by atoms with Crippen LogP contribution in [0.1, 0.15) is 27.9 Å². The van der Waals surface area contributed by atoms with Crippen molar-refractivity contribution < 1.29 is 34.5 Å². The molecule has 0 unspecified atom stereocenters. The first kappa shape index (κ1) is 19.3. The normalized spacial score (nSPS) is 10.4. The highest BCUT2D eigenvalue weighted by Gasteiger charge is 2.16. The summed E-state index contributed by atoms with van der Waals surface area (Å²) in [5, 5.41) is 24.9. The number of halogens is 1. The van der Waals surface area contributed by atoms with Crippen LogP contribution in [0.2, 0.25) is 0 Å². The van der Waals surface area contributed by atoms with Gasteiger partial charge in [0.05, 0.1) is 5.57 Å². The van der Waals surface area contributed by atoms with Crippen LogP contribution in [0.15, 0.2) is 16.4 Å². The summed E-state index contributed by atoms with van der Waals surface area (Å²) in [7, 11) is 0. The van der Waals surface area contributed by atoms with E-state index in [0.29, 0.717) is 6.08 Å². The predicted octanol–water partition coefficient (Wildman–Crippen LogP) is 0.0807. The number of aliphatic carboxylic acids is 2. The summed E-state index contributed by atoms with van der Waals surface area (Å²) in [5.74, 6) is -4.31. The molecule has 0 aliphatic carbocycles. The lowest BCUT2D eigenvalue weighted by Crippen LogP contribution is -2.05. The largest absolute Gasteiger partial charge is 0.478 e. The molecule has 0 aliphatic heterocycles. The number of imidazole rings is 1. The number of aromatic nitrogens is 2. The Morgan fingerprint density at radius 2 is 1.59 bits per heavy atom. The van der Waals surface area contributed by atoms with Crippen molar-refractivity contribution in [3.05, 3.63) is 33.5 Å². The van der Waals surface area contributed by atoms with Gasteiger partial charge in [-0.2, -0.15) is 0 Å². The molecule has 1 rings (SSSR count). The number of H-pyrrole nitrogens is 2. The van der Waals surface area contributed by atoms with Crippen molar-refractivity contribution in [2.45, 2.75) is 6.92 Å². The highest BCUT2D eigenvalue weighted by molar-refractivity contribution is 9.09. The summed E-state index contributed by atoms with van der Waals surface area (Å²) in [5.41, 5.74) is -1.47. The maximum Gasteiger partial charge on any atom is 0.354 e. The topological polar surface area (TPSA) is 178 Å². The van der Waals surface area contributed by atoms with Crippen molar-refractivity contribution in [1.29, 1.82) is 0 Å². The Bertz CT molecular complexity index is 650. The summed E-state index contributed by atoms with van der Waals surface area (Å²) < 4.78 is 0. The highest BCUT2D eigenvalue weighted by atomic mass is 79.9. The summed E-state index contributed by atoms with van der Waals surface area (Å²) >= 11 is 2.83. The molecule has 10 nitrogen and oxygen atoms in total. The van der Waals surface area contributed by atoms with E-state index in [-0.39, 0.29) is 16.6 Å². The van der Waals surface area contributed by atoms with Crippen LogP contribution in [-0.4, -0.2) is 54.3 Å². The number of Topliss-reactive ketones (excluding diaryl/α,β-unsaturated/α-hetero) is 1. The van der Waals surface area contributed by atoms with Gasteiger partial charge in [-0.3, -0.25) is 9.78 Å². The van der Waals surface area contributed by atoms with Gasteiger partial charge in [-0.1, -0.05) is 15.9 Å². The molecular formula is C11H11BrN2O8. The zero-order valence-corrected chi connectivity index (χ0v) is 12.6. The van der Waals surface area contributed by atoms with Gasteiger partial charge in [-0.25, -0.2) is 19.2 Å². The standard InChI is InChI=1S/C6H6N2O4.C5H5BrO4/c1-2(9)3-4(5(10)11)8-6(12)7-3;6-2-3(5(9)10)1-4(7)8/h1H3,(H,10,11)(H2,7,8,12);1H,2H2,(H,7,8)(H,9,10)/b;3-1+. The smallest absolute Gasteiger partial charge is 0.354 e. The number of hydrogen-bond donors (Lipinski definition) is 5. The summed E-state index contributed by atoms with van der Waals surface area (Å²) in [4.78, 5) is 55.8. The number of aromatic carboxylic acids is 1. The van der Waals surface area contributed by atoms with Crippen molar-refractivity contribution in [3.63, 3.8) is 0 Å². The van der Waals surface area contributed by atoms with Crippen LogP contribution in [0.3, 0.4) is 0 Å². The molecule has 120 valence electrons. The Morgan fingerprint density at radius 3 is 1.82 bits per heavy atom. The van der Waals surface area contributed by atoms with E-state index >= 15 is 0 Å². The molecule has 5 N–H and O–H groups in total. The minimum absolute atomic E-state index is 0.0363. The van der Waals surface area contributed by atoms with Gasteiger partial charge in [0.15, 0.2) is 11.5 Å². The van der Waals surface area contributed by atoms with Crippen LogP contribution in [0.4, 0.5) is 0 Å². The second-order valence-electron chi connectivity index (χ2n) is 3.64. The number of rotatable bonds is 5. The molecule has 0 radical (unpaired) electrons. The lowest BCUT2D eigenvalue weighted by molar-refractivity contribution is -0.135. The Kier molecular flexibility index (Phi) is 7.52. The van der Waals surface area contributed by atoms with Crippen LogP contribution in [0.5, 0.6) is 0 Å². The van der Waals surface area contributed by atoms with Gasteiger partial charge in [0.1, 0.15) is 5.69 Å². The van der Waals surface area contributed by atoms with Crippen LogP contribution in [-0.2, 0) is 9.59 Å². The maximum absolute atomic E-state index is 10.7. The fourth-order valence-electron chi connectivity index (χ4n) is 1.11. The van der Waals surface area contributed by atoms with Gasteiger partial charge < -0.3 is 20.3 Å². The Labute approximate surface area is 130 Å². The second-order valence-corrected chi connectivity index (χ2v) is 4.20. The third-order valence-corrected chi connectivity index (χ3v) is 2.61. The highest BCUT2D eigenvalue weighted by Crippen LogP contribution is 2.00. The van der Waals surface area contributed by atoms with Crippen molar-refractivity contribution >= 4 is 39.6 Å². The van der Waals surface area contributed by atoms with Gasteiger partial charge in [-0.05, 0) is 0 Å². The van der Waals surface area contributed by atoms with Crippen LogP contribution >= 0.6 is 15.9 Å². The van der Waals surface area contributed by atoms with Crippen molar-refractivity contribution in [1.82, 2.24) is 9.97 Å². The van der Waals surface area contributed by atoms with Gasteiger partial charge >= 0.3 is 23.6 Å². The van der Waals surface area contributed by atoms with E-state index in [1.54, 1.807) is 0 Å². The zero-order valence-electron chi connectivity index (χ0n) is 11.0. The molecule has 1 aromatic heterocycles. The predicted molar refractivity (Wildman–Crippen MR) is 75.5 cm³/mol. The van der Waals surface area contributed by atoms with E-state index in [1.807, 2.05) is 4.98 Å². The number of alkyl halides is 1. The molecule has 22 heavy (non-hydrogen) atoms. The molecule has 0 spiro atoms. The van der Waals surface area contributed by atoms with E-state index in [4.69, 9.17) is 15.3 Å². The molecule has 0 aliphatic rings. The van der Waals surface area contributed by atoms with Gasteiger partial charge in [-0.15, -0.1) is 0 Å². The minimum atomic E-state index is -1.33. The van der Waals surface area contributed by atoms with Gasteiger partial charge in [0.2, 0.25) is 0 Å². The molecule has 0 aromatic carbocycles. The number of hydrogen-bond acceptors (Lipinski definition) is 5. The second kappa shape index (κ2) is 8.56. The SMILES string of the molecule is CC(=O)c1[nH]c(=O)[nH]c1C(=O)O.O=C(O)/C=C(\CBr)C(=O)O. The Hall–Kier alpha value is -2.69. The van der Waals surface area contributed by atoms with Crippen molar-refractivity contribution in [3.8, 4) is 0 Å². The third-order valence-electron chi connectivity index (χ3n) is 2.01. The molecular weight excluding hydrogens is 368 g/mol. The first-order chi connectivity index (χ1) is 10.1.